The number of carbonyl (C=O) groups is 2. The van der Waals surface area contributed by atoms with Crippen LogP contribution in [0.25, 0.3) is 0 Å². The second kappa shape index (κ2) is 7.33. The van der Waals surface area contributed by atoms with Crippen LogP contribution in [0, 0.1) is 5.92 Å². The Kier molecular flexibility index (Phi) is 5.47. The molecule has 1 heterocycles. The number of hydrogen-bond donors (Lipinski definition) is 2. The van der Waals surface area contributed by atoms with E-state index in [4.69, 9.17) is 5.73 Å². The van der Waals surface area contributed by atoms with Crippen LogP contribution in [0.3, 0.4) is 0 Å². The highest BCUT2D eigenvalue weighted by Crippen LogP contribution is 2.17. The van der Waals surface area contributed by atoms with Gasteiger partial charge in [-0.3, -0.25) is 19.8 Å². The molecule has 1 aromatic rings. The number of nitrogens with two attached hydrogens (primary N) is 1. The first-order chi connectivity index (χ1) is 10.0. The number of imide groups is 1. The van der Waals surface area contributed by atoms with E-state index in [2.05, 4.69) is 10.2 Å². The zero-order valence-electron chi connectivity index (χ0n) is 12.4. The first-order valence-electron chi connectivity index (χ1n) is 7.39. The van der Waals surface area contributed by atoms with E-state index in [-0.39, 0.29) is 30.8 Å². The highest BCUT2D eigenvalue weighted by molar-refractivity contribution is 5.96. The Morgan fingerprint density at radius 1 is 1.33 bits per heavy atom. The molecule has 1 saturated heterocycles. The average Bonchev–Trinajstić information content (AvgIpc) is 2.88. The zero-order valence-corrected chi connectivity index (χ0v) is 12.4. The summed E-state index contributed by atoms with van der Waals surface area (Å²) in [7, 11) is 0. The van der Waals surface area contributed by atoms with Gasteiger partial charge in [0.1, 0.15) is 0 Å². The van der Waals surface area contributed by atoms with Gasteiger partial charge in [-0.15, -0.1) is 0 Å². The fourth-order valence-corrected chi connectivity index (χ4v) is 2.66. The summed E-state index contributed by atoms with van der Waals surface area (Å²) in [6.45, 7) is 3.96. The van der Waals surface area contributed by atoms with Crippen LogP contribution >= 0.6 is 0 Å². The lowest BCUT2D eigenvalue weighted by Crippen LogP contribution is -2.40. The Hall–Kier alpha value is -1.72. The smallest absolute Gasteiger partial charge is 0.240 e. The van der Waals surface area contributed by atoms with Crippen molar-refractivity contribution >= 4 is 11.8 Å². The lowest BCUT2D eigenvalue weighted by Gasteiger charge is -2.17. The predicted molar refractivity (Wildman–Crippen MR) is 81.5 cm³/mol. The molecule has 1 aromatic carbocycles. The van der Waals surface area contributed by atoms with Crippen LogP contribution in [0.1, 0.15) is 18.9 Å². The largest absolute Gasteiger partial charge is 0.328 e. The van der Waals surface area contributed by atoms with Gasteiger partial charge < -0.3 is 5.73 Å². The van der Waals surface area contributed by atoms with Gasteiger partial charge in [0.05, 0.1) is 13.0 Å². The number of benzene rings is 1. The molecule has 0 saturated carbocycles. The number of amides is 2. The van der Waals surface area contributed by atoms with E-state index in [0.717, 1.165) is 25.1 Å². The maximum Gasteiger partial charge on any atom is 0.240 e. The van der Waals surface area contributed by atoms with Gasteiger partial charge in [0.15, 0.2) is 0 Å². The third kappa shape index (κ3) is 4.95. The molecule has 0 aliphatic carbocycles. The van der Waals surface area contributed by atoms with E-state index in [1.54, 1.807) is 0 Å². The summed E-state index contributed by atoms with van der Waals surface area (Å²) >= 11 is 0. The lowest BCUT2D eigenvalue weighted by molar-refractivity contribution is -0.130. The van der Waals surface area contributed by atoms with Gasteiger partial charge in [-0.1, -0.05) is 30.3 Å². The van der Waals surface area contributed by atoms with Crippen LogP contribution in [0.5, 0.6) is 0 Å². The van der Waals surface area contributed by atoms with E-state index < -0.39 is 0 Å². The molecule has 5 heteroatoms. The van der Waals surface area contributed by atoms with Crippen molar-refractivity contribution in [2.75, 3.05) is 19.6 Å². The summed E-state index contributed by atoms with van der Waals surface area (Å²) < 4.78 is 0. The van der Waals surface area contributed by atoms with Gasteiger partial charge in [-0.2, -0.15) is 0 Å². The van der Waals surface area contributed by atoms with E-state index in [1.807, 2.05) is 37.3 Å². The van der Waals surface area contributed by atoms with Gasteiger partial charge in [0.25, 0.3) is 0 Å². The Morgan fingerprint density at radius 2 is 2.05 bits per heavy atom. The Balaban J connectivity index is 1.73. The highest BCUT2D eigenvalue weighted by Gasteiger charge is 2.26. The third-order valence-electron chi connectivity index (χ3n) is 3.91. The van der Waals surface area contributed by atoms with Crippen LogP contribution in [-0.2, 0) is 16.0 Å². The van der Waals surface area contributed by atoms with Gasteiger partial charge in [-0.25, -0.2) is 0 Å². The predicted octanol–water partition coefficient (Wildman–Crippen LogP) is 0.541. The minimum atomic E-state index is -0.255. The van der Waals surface area contributed by atoms with Crippen molar-refractivity contribution in [2.24, 2.45) is 11.7 Å². The zero-order chi connectivity index (χ0) is 15.2. The minimum absolute atomic E-state index is 0.151. The fourth-order valence-electron chi connectivity index (χ4n) is 2.66. The number of likely N-dealkylation sites (tertiary alicyclic amines) is 1. The van der Waals surface area contributed by atoms with Crippen LogP contribution < -0.4 is 11.1 Å². The molecular formula is C16H23N3O2. The summed E-state index contributed by atoms with van der Waals surface area (Å²) in [5.74, 6) is -0.0479. The average molecular weight is 289 g/mol. The summed E-state index contributed by atoms with van der Waals surface area (Å²) in [6.07, 6.45) is 1.25. The lowest BCUT2D eigenvalue weighted by atomic mass is 10.0. The van der Waals surface area contributed by atoms with E-state index in [1.165, 1.54) is 0 Å². The van der Waals surface area contributed by atoms with Crippen molar-refractivity contribution in [3.63, 3.8) is 0 Å². The molecule has 21 heavy (non-hydrogen) atoms. The number of carbonyl (C=O) groups excluding carboxylic acids is 2. The van der Waals surface area contributed by atoms with E-state index in [9.17, 15) is 9.59 Å². The molecule has 1 aliphatic heterocycles. The van der Waals surface area contributed by atoms with E-state index >= 15 is 0 Å². The normalized spacial score (nSPS) is 20.2. The van der Waals surface area contributed by atoms with E-state index in [0.29, 0.717) is 5.92 Å². The minimum Gasteiger partial charge on any atom is -0.328 e. The number of rotatable bonds is 5. The topological polar surface area (TPSA) is 75.4 Å². The van der Waals surface area contributed by atoms with Gasteiger partial charge in [0.2, 0.25) is 11.8 Å². The number of nitrogens with zero attached hydrogens (tertiary/aromatic N) is 1. The molecular weight excluding hydrogens is 266 g/mol. The van der Waals surface area contributed by atoms with Crippen molar-refractivity contribution in [3.8, 4) is 0 Å². The molecule has 2 unspecified atom stereocenters. The van der Waals surface area contributed by atoms with Crippen molar-refractivity contribution < 1.29 is 9.59 Å². The molecule has 5 nitrogen and oxygen atoms in total. The third-order valence-corrected chi connectivity index (χ3v) is 3.91. The number of nitrogens with one attached hydrogen (secondary N) is 1. The van der Waals surface area contributed by atoms with Crippen molar-refractivity contribution in [1.29, 1.82) is 0 Å². The molecule has 1 fully saturated rings. The van der Waals surface area contributed by atoms with Crippen molar-refractivity contribution in [2.45, 2.75) is 25.8 Å². The SMILES string of the molecule is CC(N)C1CCN(CC(=O)NC(=O)Cc2ccccc2)C1. The molecule has 1 aliphatic rings. The molecule has 3 N–H and O–H groups in total. The van der Waals surface area contributed by atoms with Crippen LogP contribution in [0.15, 0.2) is 30.3 Å². The maximum absolute atomic E-state index is 11.9. The molecule has 2 rings (SSSR count). The molecule has 0 bridgehead atoms. The second-order valence-electron chi connectivity index (χ2n) is 5.78. The summed E-state index contributed by atoms with van der Waals surface area (Å²) in [4.78, 5) is 25.7. The standard InChI is InChI=1S/C16H23N3O2/c1-12(17)14-7-8-19(10-14)11-16(21)18-15(20)9-13-5-3-2-4-6-13/h2-6,12,14H,7-11,17H2,1H3,(H,18,20,21). The Morgan fingerprint density at radius 3 is 2.67 bits per heavy atom. The monoisotopic (exact) mass is 289 g/mol. The van der Waals surface area contributed by atoms with Crippen LogP contribution in [0.2, 0.25) is 0 Å². The Labute approximate surface area is 125 Å². The molecule has 2 atom stereocenters. The van der Waals surface area contributed by atoms with Crippen LogP contribution in [-0.4, -0.2) is 42.4 Å². The van der Waals surface area contributed by atoms with Crippen molar-refractivity contribution in [1.82, 2.24) is 10.2 Å². The molecule has 0 radical (unpaired) electrons. The summed E-state index contributed by atoms with van der Waals surface area (Å²) in [6, 6.07) is 9.55. The van der Waals surface area contributed by atoms with Crippen LogP contribution in [0.4, 0.5) is 0 Å². The molecule has 0 spiro atoms. The van der Waals surface area contributed by atoms with Gasteiger partial charge in [-0.05, 0) is 31.4 Å². The van der Waals surface area contributed by atoms with Gasteiger partial charge in [0, 0.05) is 12.6 Å². The molecule has 0 aromatic heterocycles. The highest BCUT2D eigenvalue weighted by atomic mass is 16.2. The van der Waals surface area contributed by atoms with Gasteiger partial charge >= 0.3 is 0 Å². The Bertz CT molecular complexity index is 488. The second-order valence-corrected chi connectivity index (χ2v) is 5.78. The summed E-state index contributed by atoms with van der Waals surface area (Å²) in [5.41, 5.74) is 6.78. The molecule has 114 valence electrons. The quantitative estimate of drug-likeness (QED) is 0.829. The van der Waals surface area contributed by atoms with Crippen molar-refractivity contribution in [3.05, 3.63) is 35.9 Å². The number of hydrogen-bond acceptors (Lipinski definition) is 4. The molecule has 2 amide bonds. The fraction of sp³-hybridized carbons (Fsp3) is 0.500. The first-order valence-corrected chi connectivity index (χ1v) is 7.39. The summed E-state index contributed by atoms with van der Waals surface area (Å²) in [5, 5.41) is 2.45. The maximum atomic E-state index is 11.9. The first kappa shape index (κ1) is 15.7.